The standard InChI is InChI=1S/C28H30FN7O2.C28H30N6O2.C27H29N7O2/c1-17-15-35(10-11-38-17)23-6-7-25(33-22(23)16-34(2)3)32-21-5-4-19(20-13-31-28(37)27(20)21)24-14-30-26-12-18(29)8-9-36(24)26;1-33(2)15-23-18(17-10-12-36-16-17)7-8-25(32-23)31-22-14-29-27(21-13-30-28(35)26(21)22)20-5-4-6-24-19(20)9-11-34(24)3;1-16-5-4-9-34-22(13-29-26(16)34)25-19-11-30-27(35)24(19)20(12-28-25)31-23-7-6-18(17-8-10-36-15-17)21(32-23)14-33(2)3/h4-9,12,14,17H,10-11,13,15-16H2,1-3H3,(H,31,37)(H,32,33);4-9,11,14,17H,10,12-13,15-16H2,1-3H3,(H,30,35)(H,31,32);4-7,9,12-13,17H,8,10-11,14-15H2,1-3H3,(H,30,35)(H,31,32)/t2*17-;/m11./s1. The molecule has 3 saturated heterocycles. The number of benzene rings is 2. The molecule has 3 atom stereocenters. The van der Waals surface area contributed by atoms with Crippen LogP contribution in [0.25, 0.3) is 56.1 Å². The third-order valence-electron chi connectivity index (χ3n) is 21.0. The summed E-state index contributed by atoms with van der Waals surface area (Å²) < 4.78 is 36.6. The molecular formula is C83H89FN20O6. The molecule has 0 spiro atoms. The predicted octanol–water partition coefficient (Wildman–Crippen LogP) is 11.6. The topological polar surface area (TPSA) is 268 Å². The van der Waals surface area contributed by atoms with Gasteiger partial charge in [-0.25, -0.2) is 29.3 Å². The minimum absolute atomic E-state index is 0.0929. The molecule has 0 radical (unpaired) electrons. The van der Waals surface area contributed by atoms with Crippen molar-refractivity contribution in [2.75, 3.05) is 109 Å². The number of nitrogens with one attached hydrogen (secondary N) is 6. The Bertz CT molecular complexity index is 5540. The number of hydrogen-bond acceptors (Lipinski definition) is 20. The molecule has 6 aliphatic rings. The number of anilines is 7. The molecule has 3 amide bonds. The second-order valence-corrected chi connectivity index (χ2v) is 29.7. The Morgan fingerprint density at radius 3 is 1.76 bits per heavy atom. The van der Waals surface area contributed by atoms with Gasteiger partial charge in [0.25, 0.3) is 17.7 Å². The summed E-state index contributed by atoms with van der Waals surface area (Å²) in [5, 5.41) is 20.2. The van der Waals surface area contributed by atoms with Crippen LogP contribution in [-0.2, 0) is 60.5 Å². The summed E-state index contributed by atoms with van der Waals surface area (Å²) in [5.74, 6) is 2.12. The number of rotatable bonds is 18. The van der Waals surface area contributed by atoms with E-state index >= 15 is 0 Å². The lowest BCUT2D eigenvalue weighted by Gasteiger charge is -2.34. The number of aromatic nitrogens is 10. The van der Waals surface area contributed by atoms with Crippen molar-refractivity contribution in [1.29, 1.82) is 0 Å². The maximum Gasteiger partial charge on any atom is 0.254 e. The Balaban J connectivity index is 0.000000125. The minimum Gasteiger partial charge on any atom is -0.381 e. The van der Waals surface area contributed by atoms with Crippen LogP contribution in [0.1, 0.15) is 113 Å². The Labute approximate surface area is 636 Å². The molecule has 564 valence electrons. The molecule has 110 heavy (non-hydrogen) atoms. The molecule has 2 aromatic carbocycles. The first-order valence-electron chi connectivity index (χ1n) is 37.3. The van der Waals surface area contributed by atoms with E-state index in [2.05, 4.69) is 109 Å². The normalized spacial score (nSPS) is 17.2. The minimum atomic E-state index is -0.341. The summed E-state index contributed by atoms with van der Waals surface area (Å²) in [6.07, 6.45) is 14.9. The van der Waals surface area contributed by atoms with Crippen LogP contribution in [0.2, 0.25) is 0 Å². The molecule has 10 aromatic heterocycles. The number of halogens is 1. The number of amides is 3. The van der Waals surface area contributed by atoms with E-state index in [9.17, 15) is 18.8 Å². The predicted molar refractivity (Wildman–Crippen MR) is 422 cm³/mol. The van der Waals surface area contributed by atoms with Crippen molar-refractivity contribution in [1.82, 2.24) is 78.9 Å². The Morgan fingerprint density at radius 1 is 0.555 bits per heavy atom. The third kappa shape index (κ3) is 14.6. The van der Waals surface area contributed by atoms with Gasteiger partial charge in [-0.05, 0) is 146 Å². The first kappa shape index (κ1) is 72.6. The Hall–Kier alpha value is -11.6. The van der Waals surface area contributed by atoms with E-state index in [4.69, 9.17) is 39.1 Å². The number of carbonyl (C=O) groups is 3. The monoisotopic (exact) mass is 1480 g/mol. The number of imidazole rings is 2. The molecule has 0 aliphatic carbocycles. The Kier molecular flexibility index (Phi) is 20.3. The number of nitrogens with zero attached hydrogens (tertiary/aromatic N) is 14. The van der Waals surface area contributed by atoms with Gasteiger partial charge < -0.3 is 70.3 Å². The van der Waals surface area contributed by atoms with E-state index in [1.165, 1.54) is 23.3 Å². The van der Waals surface area contributed by atoms with Crippen LogP contribution in [0.15, 0.2) is 140 Å². The second-order valence-electron chi connectivity index (χ2n) is 29.7. The van der Waals surface area contributed by atoms with Crippen LogP contribution < -0.4 is 36.8 Å². The van der Waals surface area contributed by atoms with Gasteiger partial charge >= 0.3 is 0 Å². The summed E-state index contributed by atoms with van der Waals surface area (Å²) in [7, 11) is 14.3. The number of ether oxygens (including phenoxy) is 3. The zero-order chi connectivity index (χ0) is 76.0. The number of morpholine rings is 1. The van der Waals surface area contributed by atoms with Crippen molar-refractivity contribution in [3.8, 4) is 33.9 Å². The van der Waals surface area contributed by atoms with Gasteiger partial charge in [-0.15, -0.1) is 0 Å². The SMILES string of the molecule is CN(C)Cc1nc(Nc2cnc(-c3cccc4c3ccn4C)c3c2C(=O)NC3)ccc1[C@@H]1CCOC1.C[C@@H]1CN(c2ccc(Nc3ccc(-c4cnc5cc(F)ccn45)c4c3C(=O)NC4)nc2CN(C)C)CCO1.Cc1cccn2c(-c3ncc(Nc4ccc(C5CCOC5)c(CN(C)C)n4)c4c3CNC4=O)cnc12. The summed E-state index contributed by atoms with van der Waals surface area (Å²) in [4.78, 5) is 80.9. The van der Waals surface area contributed by atoms with Crippen molar-refractivity contribution in [3.05, 3.63) is 213 Å². The van der Waals surface area contributed by atoms with Crippen LogP contribution >= 0.6 is 0 Å². The van der Waals surface area contributed by atoms with Crippen LogP contribution in [-0.4, -0.2) is 175 Å². The van der Waals surface area contributed by atoms with Gasteiger partial charge in [0.05, 0.1) is 130 Å². The van der Waals surface area contributed by atoms with Gasteiger partial charge in [0.1, 0.15) is 34.6 Å². The fraction of sp³-hybridized carbons (Fsp3) is 0.325. The molecule has 26 nitrogen and oxygen atoms in total. The number of fused-ring (bicyclic) bond motifs is 6. The van der Waals surface area contributed by atoms with Gasteiger partial charge in [0.15, 0.2) is 0 Å². The number of aryl methyl sites for hydroxylation is 2. The van der Waals surface area contributed by atoms with E-state index in [0.717, 1.165) is 161 Å². The summed E-state index contributed by atoms with van der Waals surface area (Å²) in [5.41, 5.74) is 21.8. The number of hydrogen-bond donors (Lipinski definition) is 6. The Morgan fingerprint density at radius 2 is 1.14 bits per heavy atom. The summed E-state index contributed by atoms with van der Waals surface area (Å²) >= 11 is 0. The molecule has 27 heteroatoms. The van der Waals surface area contributed by atoms with Gasteiger partial charge in [0.2, 0.25) is 0 Å². The summed E-state index contributed by atoms with van der Waals surface area (Å²) in [6, 6.07) is 31.3. The van der Waals surface area contributed by atoms with E-state index in [1.807, 2.05) is 132 Å². The fourth-order valence-electron chi connectivity index (χ4n) is 15.8. The fourth-order valence-corrected chi connectivity index (χ4v) is 15.8. The lowest BCUT2D eigenvalue weighted by Crippen LogP contribution is -2.41. The molecule has 0 saturated carbocycles. The highest BCUT2D eigenvalue weighted by molar-refractivity contribution is 6.08. The van der Waals surface area contributed by atoms with E-state index in [0.29, 0.717) is 101 Å². The third-order valence-corrected chi connectivity index (χ3v) is 21.0. The zero-order valence-corrected chi connectivity index (χ0v) is 63.2. The molecule has 1 unspecified atom stereocenters. The van der Waals surface area contributed by atoms with Crippen LogP contribution in [0.4, 0.5) is 44.6 Å². The first-order valence-corrected chi connectivity index (χ1v) is 37.3. The quantitative estimate of drug-likeness (QED) is 0.0466. The van der Waals surface area contributed by atoms with Gasteiger partial charge in [-0.3, -0.25) is 33.2 Å². The lowest BCUT2D eigenvalue weighted by molar-refractivity contribution is 0.0531. The van der Waals surface area contributed by atoms with Crippen LogP contribution in [0.5, 0.6) is 0 Å². The zero-order valence-electron chi connectivity index (χ0n) is 63.2. The first-order chi connectivity index (χ1) is 53.4. The molecular weight excluding hydrogens is 1390 g/mol. The van der Waals surface area contributed by atoms with Crippen molar-refractivity contribution in [3.63, 3.8) is 0 Å². The molecule has 12 aromatic rings. The molecule has 0 bridgehead atoms. The van der Waals surface area contributed by atoms with E-state index in [1.54, 1.807) is 24.8 Å². The van der Waals surface area contributed by atoms with Crippen LogP contribution in [0.3, 0.4) is 0 Å². The second kappa shape index (κ2) is 30.8. The highest BCUT2D eigenvalue weighted by Gasteiger charge is 2.33. The van der Waals surface area contributed by atoms with Crippen molar-refractivity contribution in [2.24, 2.45) is 7.05 Å². The number of pyridine rings is 7. The van der Waals surface area contributed by atoms with Crippen molar-refractivity contribution < 1.29 is 33.0 Å². The highest BCUT2D eigenvalue weighted by Crippen LogP contribution is 2.41. The molecule has 6 aliphatic heterocycles. The number of carbonyl (C=O) groups excluding carboxylic acids is 3. The highest BCUT2D eigenvalue weighted by atomic mass is 19.1. The van der Waals surface area contributed by atoms with Crippen molar-refractivity contribution >= 4 is 80.1 Å². The van der Waals surface area contributed by atoms with Gasteiger partial charge in [-0.1, -0.05) is 36.4 Å². The summed E-state index contributed by atoms with van der Waals surface area (Å²) in [6.45, 7) is 12.9. The maximum atomic E-state index is 13.7. The lowest BCUT2D eigenvalue weighted by atomic mass is 9.96. The van der Waals surface area contributed by atoms with Crippen molar-refractivity contribution in [2.45, 2.75) is 83.9 Å². The molecule has 3 fully saturated rings. The average Bonchev–Trinajstić information content (AvgIpc) is 1.59. The largest absolute Gasteiger partial charge is 0.381 e. The smallest absolute Gasteiger partial charge is 0.254 e. The maximum absolute atomic E-state index is 13.7. The molecule has 16 heterocycles. The van der Waals surface area contributed by atoms with E-state index < -0.39 is 0 Å². The van der Waals surface area contributed by atoms with Gasteiger partial charge in [0, 0.05) is 142 Å². The molecule has 6 N–H and O–H groups in total. The van der Waals surface area contributed by atoms with E-state index in [-0.39, 0.29) is 29.6 Å². The van der Waals surface area contributed by atoms with Crippen LogP contribution in [0, 0.1) is 12.7 Å². The van der Waals surface area contributed by atoms with Gasteiger partial charge in [-0.2, -0.15) is 0 Å². The molecule has 18 rings (SSSR count). The average molecular weight is 1480 g/mol.